The van der Waals surface area contributed by atoms with Crippen molar-refractivity contribution in [3.8, 4) is 0 Å². The Labute approximate surface area is 167 Å². The highest BCUT2D eigenvalue weighted by atomic mass is 16.1. The van der Waals surface area contributed by atoms with Gasteiger partial charge in [-0.1, -0.05) is 48.5 Å². The van der Waals surface area contributed by atoms with Gasteiger partial charge in [0.1, 0.15) is 5.65 Å². The fourth-order valence-corrected chi connectivity index (χ4v) is 3.57. The molecular formula is C23H19N5O. The van der Waals surface area contributed by atoms with Crippen LogP contribution in [0.2, 0.25) is 0 Å². The summed E-state index contributed by atoms with van der Waals surface area (Å²) in [5, 5.41) is 9.53. The number of carbonyl (C=O) groups is 1. The second-order valence-corrected chi connectivity index (χ2v) is 6.99. The topological polar surface area (TPSA) is 64.2 Å². The van der Waals surface area contributed by atoms with Crippen LogP contribution >= 0.6 is 0 Å². The summed E-state index contributed by atoms with van der Waals surface area (Å²) >= 11 is 0. The molecular weight excluding hydrogens is 362 g/mol. The first-order valence-corrected chi connectivity index (χ1v) is 9.46. The Hall–Kier alpha value is -3.93. The van der Waals surface area contributed by atoms with Crippen molar-refractivity contribution in [2.45, 2.75) is 13.0 Å². The van der Waals surface area contributed by atoms with Crippen molar-refractivity contribution >= 4 is 28.0 Å². The maximum Gasteiger partial charge on any atom is 0.228 e. The molecule has 6 nitrogen and oxygen atoms in total. The normalized spacial score (nSPS) is 11.2. The maximum absolute atomic E-state index is 12.5. The second-order valence-electron chi connectivity index (χ2n) is 6.99. The van der Waals surface area contributed by atoms with Crippen molar-refractivity contribution in [3.05, 3.63) is 96.7 Å². The predicted molar refractivity (Wildman–Crippen MR) is 113 cm³/mol. The number of hydrogen-bond acceptors (Lipinski definition) is 3. The summed E-state index contributed by atoms with van der Waals surface area (Å²) < 4.78 is 3.75. The molecule has 0 bridgehead atoms. The molecule has 142 valence electrons. The first kappa shape index (κ1) is 17.2. The number of nitrogens with zero attached hydrogens (tertiary/aromatic N) is 4. The third-order valence-electron chi connectivity index (χ3n) is 4.89. The molecule has 2 aromatic carbocycles. The highest BCUT2D eigenvalue weighted by Crippen LogP contribution is 2.19. The minimum absolute atomic E-state index is 0.0615. The van der Waals surface area contributed by atoms with Gasteiger partial charge >= 0.3 is 0 Å². The number of aromatic nitrogens is 4. The number of hydrogen-bond donors (Lipinski definition) is 1. The van der Waals surface area contributed by atoms with Gasteiger partial charge in [-0.15, -0.1) is 0 Å². The van der Waals surface area contributed by atoms with Crippen LogP contribution in [0.25, 0.3) is 16.4 Å². The molecule has 3 heterocycles. The Kier molecular flexibility index (Phi) is 4.29. The third kappa shape index (κ3) is 3.60. The van der Waals surface area contributed by atoms with E-state index in [0.717, 1.165) is 27.7 Å². The average Bonchev–Trinajstić information content (AvgIpc) is 3.34. The highest BCUT2D eigenvalue weighted by Gasteiger charge is 2.09. The van der Waals surface area contributed by atoms with Gasteiger partial charge in [0.15, 0.2) is 0 Å². The number of carbonyl (C=O) groups excluding carboxylic acids is 1. The Balaban J connectivity index is 1.27. The van der Waals surface area contributed by atoms with Gasteiger partial charge in [-0.2, -0.15) is 5.10 Å². The van der Waals surface area contributed by atoms with Crippen molar-refractivity contribution in [2.75, 3.05) is 5.32 Å². The molecule has 29 heavy (non-hydrogen) atoms. The van der Waals surface area contributed by atoms with Crippen molar-refractivity contribution in [3.63, 3.8) is 0 Å². The summed E-state index contributed by atoms with van der Waals surface area (Å²) in [4.78, 5) is 17.1. The quantitative estimate of drug-likeness (QED) is 0.502. The molecule has 0 fully saturated rings. The molecule has 0 saturated heterocycles. The maximum atomic E-state index is 12.5. The van der Waals surface area contributed by atoms with Crippen LogP contribution < -0.4 is 5.32 Å². The van der Waals surface area contributed by atoms with Gasteiger partial charge in [-0.05, 0) is 28.5 Å². The molecule has 0 radical (unpaired) electrons. The Morgan fingerprint density at radius 1 is 0.966 bits per heavy atom. The summed E-state index contributed by atoms with van der Waals surface area (Å²) in [5.41, 5.74) is 3.50. The number of pyridine rings is 1. The molecule has 0 aliphatic carbocycles. The molecule has 6 heteroatoms. The van der Waals surface area contributed by atoms with Gasteiger partial charge in [0, 0.05) is 18.6 Å². The fraction of sp³-hybridized carbons (Fsp3) is 0.0870. The molecule has 0 atom stereocenters. The van der Waals surface area contributed by atoms with E-state index in [0.29, 0.717) is 18.7 Å². The smallest absolute Gasteiger partial charge is 0.228 e. The van der Waals surface area contributed by atoms with Crippen LogP contribution in [-0.2, 0) is 17.8 Å². The van der Waals surface area contributed by atoms with E-state index in [1.54, 1.807) is 10.9 Å². The van der Waals surface area contributed by atoms with E-state index in [1.165, 1.54) is 0 Å². The van der Waals surface area contributed by atoms with Gasteiger partial charge in [0.05, 0.1) is 30.5 Å². The van der Waals surface area contributed by atoms with Crippen molar-refractivity contribution < 1.29 is 4.79 Å². The summed E-state index contributed by atoms with van der Waals surface area (Å²) in [5.74, 6) is -0.0615. The number of rotatable bonds is 5. The zero-order chi connectivity index (χ0) is 19.6. The Bertz CT molecular complexity index is 1280. The van der Waals surface area contributed by atoms with Crippen molar-refractivity contribution in [1.29, 1.82) is 0 Å². The van der Waals surface area contributed by atoms with E-state index in [9.17, 15) is 4.79 Å². The summed E-state index contributed by atoms with van der Waals surface area (Å²) in [6.07, 6.45) is 7.75. The fourth-order valence-electron chi connectivity index (χ4n) is 3.57. The van der Waals surface area contributed by atoms with Gasteiger partial charge in [-0.3, -0.25) is 9.48 Å². The van der Waals surface area contributed by atoms with Crippen LogP contribution in [0.3, 0.4) is 0 Å². The third-order valence-corrected chi connectivity index (χ3v) is 4.89. The highest BCUT2D eigenvalue weighted by molar-refractivity contribution is 5.96. The van der Waals surface area contributed by atoms with Crippen LogP contribution in [0.5, 0.6) is 0 Å². The average molecular weight is 381 g/mol. The SMILES string of the molecule is O=C(Cc1cccc2ccccc12)Nc1cnn(Cc2cn3ccccc3n2)c1. The molecule has 0 saturated carbocycles. The standard InChI is InChI=1S/C23H19N5O/c29-23(12-18-8-5-7-17-6-1-2-9-21(17)18)26-19-13-24-28(15-19)16-20-14-27-11-4-3-10-22(27)25-20/h1-11,13-15H,12,16H2,(H,26,29). The first-order chi connectivity index (χ1) is 14.2. The summed E-state index contributed by atoms with van der Waals surface area (Å²) in [6, 6.07) is 20.0. The largest absolute Gasteiger partial charge is 0.323 e. The first-order valence-electron chi connectivity index (χ1n) is 9.46. The zero-order valence-electron chi connectivity index (χ0n) is 15.7. The minimum Gasteiger partial charge on any atom is -0.323 e. The van der Waals surface area contributed by atoms with E-state index >= 15 is 0 Å². The number of anilines is 1. The van der Waals surface area contributed by atoms with Crippen molar-refractivity contribution in [1.82, 2.24) is 19.2 Å². The van der Waals surface area contributed by atoms with Gasteiger partial charge in [0.25, 0.3) is 0 Å². The molecule has 3 aromatic heterocycles. The number of imidazole rings is 1. The monoisotopic (exact) mass is 381 g/mol. The van der Waals surface area contributed by atoms with Gasteiger partial charge < -0.3 is 9.72 Å². The van der Waals surface area contributed by atoms with Crippen molar-refractivity contribution in [2.24, 2.45) is 0 Å². The van der Waals surface area contributed by atoms with Crippen LogP contribution in [0.15, 0.2) is 85.5 Å². The Morgan fingerprint density at radius 2 is 1.83 bits per heavy atom. The number of amides is 1. The Morgan fingerprint density at radius 3 is 2.76 bits per heavy atom. The lowest BCUT2D eigenvalue weighted by molar-refractivity contribution is -0.115. The molecule has 0 spiro atoms. The number of fused-ring (bicyclic) bond motifs is 2. The molecule has 0 aliphatic rings. The lowest BCUT2D eigenvalue weighted by Gasteiger charge is -2.06. The molecule has 5 rings (SSSR count). The van der Waals surface area contributed by atoms with Crippen LogP contribution in [0.1, 0.15) is 11.3 Å². The van der Waals surface area contributed by atoms with Crippen LogP contribution in [-0.4, -0.2) is 25.1 Å². The number of nitrogens with one attached hydrogen (secondary N) is 1. The molecule has 0 unspecified atom stereocenters. The molecule has 1 N–H and O–H groups in total. The summed E-state index contributed by atoms with van der Waals surface area (Å²) in [6.45, 7) is 0.543. The number of benzene rings is 2. The second kappa shape index (κ2) is 7.24. The van der Waals surface area contributed by atoms with E-state index in [-0.39, 0.29) is 5.91 Å². The van der Waals surface area contributed by atoms with Gasteiger partial charge in [-0.25, -0.2) is 4.98 Å². The van der Waals surface area contributed by atoms with Crippen LogP contribution in [0.4, 0.5) is 5.69 Å². The lowest BCUT2D eigenvalue weighted by atomic mass is 10.0. The summed E-state index contributed by atoms with van der Waals surface area (Å²) in [7, 11) is 0. The van der Waals surface area contributed by atoms with E-state index in [1.807, 2.05) is 71.5 Å². The van der Waals surface area contributed by atoms with E-state index < -0.39 is 0 Å². The van der Waals surface area contributed by atoms with Crippen LogP contribution in [0, 0.1) is 0 Å². The molecule has 5 aromatic rings. The van der Waals surface area contributed by atoms with E-state index in [4.69, 9.17) is 0 Å². The zero-order valence-corrected chi connectivity index (χ0v) is 15.7. The predicted octanol–water partition coefficient (Wildman–Crippen LogP) is 3.91. The minimum atomic E-state index is -0.0615. The van der Waals surface area contributed by atoms with Gasteiger partial charge in [0.2, 0.25) is 5.91 Å². The van der Waals surface area contributed by atoms with E-state index in [2.05, 4.69) is 27.5 Å². The lowest BCUT2D eigenvalue weighted by Crippen LogP contribution is -2.14. The molecule has 1 amide bonds. The molecule has 0 aliphatic heterocycles.